The lowest BCUT2D eigenvalue weighted by atomic mass is 10.1. The Labute approximate surface area is 228 Å². The van der Waals surface area contributed by atoms with E-state index in [4.69, 9.17) is 5.73 Å². The SMILES string of the molecule is CS(=O)(=O)c1ccccc1-c1ccc(NC(=O)N(Cc2cccc(C(F)(F)F)c2)Nc2cccc(N)c2)c(F)c1. The third-order valence-corrected chi connectivity index (χ3v) is 6.95. The smallest absolute Gasteiger partial charge is 0.399 e. The molecule has 4 N–H and O–H groups in total. The highest BCUT2D eigenvalue weighted by molar-refractivity contribution is 7.90. The Morgan fingerprint density at radius 2 is 1.65 bits per heavy atom. The summed E-state index contributed by atoms with van der Waals surface area (Å²) in [5.74, 6) is -0.850. The largest absolute Gasteiger partial charge is 0.416 e. The van der Waals surface area contributed by atoms with Crippen LogP contribution in [-0.2, 0) is 22.6 Å². The maximum absolute atomic E-state index is 15.1. The first kappa shape index (κ1) is 28.4. The second kappa shape index (κ2) is 11.3. The van der Waals surface area contributed by atoms with Crippen LogP contribution in [-0.4, -0.2) is 25.7 Å². The molecule has 0 radical (unpaired) electrons. The Morgan fingerprint density at radius 1 is 0.925 bits per heavy atom. The standard InChI is InChI=1S/C28H24F4N4O3S/c1-40(38,39)26-11-3-2-10-23(26)19-12-13-25(24(29)15-19)34-27(37)36(35-22-9-5-8-21(33)16-22)17-18-6-4-7-20(14-18)28(30,31)32/h2-16,35H,17,33H2,1H3,(H,34,37). The lowest BCUT2D eigenvalue weighted by Gasteiger charge is -2.25. The third kappa shape index (κ3) is 6.89. The van der Waals surface area contributed by atoms with Crippen molar-refractivity contribution in [2.75, 3.05) is 22.7 Å². The van der Waals surface area contributed by atoms with Gasteiger partial charge >= 0.3 is 12.2 Å². The quantitative estimate of drug-likeness (QED) is 0.132. The second-order valence-electron chi connectivity index (χ2n) is 8.91. The lowest BCUT2D eigenvalue weighted by molar-refractivity contribution is -0.137. The fraction of sp³-hybridized carbons (Fsp3) is 0.107. The number of nitrogen functional groups attached to an aromatic ring is 1. The van der Waals surface area contributed by atoms with E-state index in [9.17, 15) is 26.4 Å². The van der Waals surface area contributed by atoms with Crippen LogP contribution in [0.3, 0.4) is 0 Å². The predicted molar refractivity (Wildman–Crippen MR) is 145 cm³/mol. The summed E-state index contributed by atoms with van der Waals surface area (Å²) in [7, 11) is -3.60. The van der Waals surface area contributed by atoms with Crippen LogP contribution in [0.5, 0.6) is 0 Å². The number of alkyl halides is 3. The van der Waals surface area contributed by atoms with E-state index in [-0.39, 0.29) is 33.8 Å². The van der Waals surface area contributed by atoms with Gasteiger partial charge in [0.2, 0.25) is 0 Å². The zero-order chi connectivity index (χ0) is 29.1. The predicted octanol–water partition coefficient (Wildman–Crippen LogP) is 6.56. The van der Waals surface area contributed by atoms with Crippen molar-refractivity contribution in [1.82, 2.24) is 5.01 Å². The molecule has 0 spiro atoms. The van der Waals surface area contributed by atoms with Gasteiger partial charge in [-0.3, -0.25) is 5.43 Å². The molecular weight excluding hydrogens is 548 g/mol. The van der Waals surface area contributed by atoms with Crippen LogP contribution in [0.1, 0.15) is 11.1 Å². The van der Waals surface area contributed by atoms with E-state index >= 15 is 4.39 Å². The first-order chi connectivity index (χ1) is 18.8. The Morgan fingerprint density at radius 3 is 2.33 bits per heavy atom. The fourth-order valence-electron chi connectivity index (χ4n) is 3.95. The monoisotopic (exact) mass is 572 g/mol. The van der Waals surface area contributed by atoms with Gasteiger partial charge in [0.05, 0.1) is 28.4 Å². The van der Waals surface area contributed by atoms with Crippen molar-refractivity contribution in [1.29, 1.82) is 0 Å². The summed E-state index contributed by atoms with van der Waals surface area (Å²) in [5.41, 5.74) is 8.96. The van der Waals surface area contributed by atoms with Crippen molar-refractivity contribution in [2.45, 2.75) is 17.6 Å². The molecule has 0 fully saturated rings. The molecule has 0 saturated heterocycles. The minimum Gasteiger partial charge on any atom is -0.399 e. The molecule has 0 aliphatic carbocycles. The van der Waals surface area contributed by atoms with Gasteiger partial charge in [0.25, 0.3) is 0 Å². The number of amides is 2. The van der Waals surface area contributed by atoms with E-state index in [1.165, 1.54) is 42.5 Å². The molecule has 4 aromatic carbocycles. The van der Waals surface area contributed by atoms with Crippen LogP contribution in [0, 0.1) is 5.82 Å². The number of hydrogen-bond donors (Lipinski definition) is 3. The number of rotatable bonds is 7. The zero-order valence-corrected chi connectivity index (χ0v) is 21.9. The molecular formula is C28H24F4N4O3S. The van der Waals surface area contributed by atoms with Crippen molar-refractivity contribution in [3.05, 3.63) is 108 Å². The number of benzene rings is 4. The first-order valence-corrected chi connectivity index (χ1v) is 13.7. The van der Waals surface area contributed by atoms with Gasteiger partial charge in [-0.2, -0.15) is 13.2 Å². The zero-order valence-electron chi connectivity index (χ0n) is 21.0. The number of nitrogens with two attached hydrogens (primary N) is 1. The van der Waals surface area contributed by atoms with Crippen LogP contribution in [0.15, 0.2) is 95.9 Å². The molecule has 0 aliphatic rings. The van der Waals surface area contributed by atoms with Crippen LogP contribution in [0.25, 0.3) is 11.1 Å². The van der Waals surface area contributed by atoms with E-state index in [0.717, 1.165) is 29.5 Å². The molecule has 208 valence electrons. The van der Waals surface area contributed by atoms with Crippen molar-refractivity contribution >= 4 is 32.9 Å². The average molecular weight is 573 g/mol. The molecule has 4 aromatic rings. The molecule has 0 atom stereocenters. The lowest BCUT2D eigenvalue weighted by Crippen LogP contribution is -2.39. The number of carbonyl (C=O) groups is 1. The van der Waals surface area contributed by atoms with Gasteiger partial charge in [-0.05, 0) is 59.7 Å². The average Bonchev–Trinajstić information content (AvgIpc) is 2.88. The molecule has 12 heteroatoms. The first-order valence-electron chi connectivity index (χ1n) is 11.8. The van der Waals surface area contributed by atoms with Crippen molar-refractivity contribution in [2.24, 2.45) is 0 Å². The van der Waals surface area contributed by atoms with Crippen molar-refractivity contribution < 1.29 is 30.8 Å². The highest BCUT2D eigenvalue weighted by atomic mass is 32.2. The number of urea groups is 1. The van der Waals surface area contributed by atoms with Gasteiger partial charge in [-0.25, -0.2) is 22.6 Å². The van der Waals surface area contributed by atoms with Crippen LogP contribution < -0.4 is 16.5 Å². The topological polar surface area (TPSA) is 105 Å². The van der Waals surface area contributed by atoms with E-state index in [1.54, 1.807) is 30.3 Å². The maximum atomic E-state index is 15.1. The summed E-state index contributed by atoms with van der Waals surface area (Å²) in [6, 6.07) is 19.9. The number of carbonyl (C=O) groups excluding carboxylic acids is 1. The summed E-state index contributed by atoms with van der Waals surface area (Å²) in [4.78, 5) is 13.3. The van der Waals surface area contributed by atoms with Gasteiger partial charge in [0.15, 0.2) is 9.84 Å². The Balaban J connectivity index is 1.62. The Bertz CT molecular complexity index is 1660. The van der Waals surface area contributed by atoms with Gasteiger partial charge in [-0.15, -0.1) is 0 Å². The molecule has 40 heavy (non-hydrogen) atoms. The summed E-state index contributed by atoms with van der Waals surface area (Å²) in [6.45, 7) is -0.314. The number of hydrazine groups is 1. The van der Waals surface area contributed by atoms with Gasteiger partial charge in [0.1, 0.15) is 5.82 Å². The molecule has 0 aliphatic heterocycles. The molecule has 7 nitrogen and oxygen atoms in total. The Kier molecular flexibility index (Phi) is 8.01. The third-order valence-electron chi connectivity index (χ3n) is 5.80. The van der Waals surface area contributed by atoms with Crippen LogP contribution in [0.2, 0.25) is 0 Å². The van der Waals surface area contributed by atoms with Crippen LogP contribution in [0.4, 0.5) is 39.4 Å². The molecule has 2 amide bonds. The highest BCUT2D eigenvalue weighted by Crippen LogP contribution is 2.31. The van der Waals surface area contributed by atoms with Crippen LogP contribution >= 0.6 is 0 Å². The van der Waals surface area contributed by atoms with E-state index in [2.05, 4.69) is 10.7 Å². The minimum atomic E-state index is -4.58. The number of nitrogens with one attached hydrogen (secondary N) is 2. The van der Waals surface area contributed by atoms with E-state index in [0.29, 0.717) is 11.4 Å². The molecule has 0 aromatic heterocycles. The number of hydrogen-bond acceptors (Lipinski definition) is 5. The van der Waals surface area contributed by atoms with E-state index < -0.39 is 33.4 Å². The number of halogens is 4. The molecule has 4 rings (SSSR count). The number of anilines is 3. The molecule has 0 heterocycles. The molecule has 0 unspecified atom stereocenters. The Hall–Kier alpha value is -4.58. The molecule has 0 bridgehead atoms. The van der Waals surface area contributed by atoms with Crippen molar-refractivity contribution in [3.8, 4) is 11.1 Å². The normalized spacial score (nSPS) is 11.6. The summed E-state index contributed by atoms with van der Waals surface area (Å²) < 4.78 is 79.2. The second-order valence-corrected chi connectivity index (χ2v) is 10.9. The maximum Gasteiger partial charge on any atom is 0.416 e. The minimum absolute atomic E-state index is 0.0183. The van der Waals surface area contributed by atoms with Gasteiger partial charge in [0, 0.05) is 17.5 Å². The van der Waals surface area contributed by atoms with Gasteiger partial charge < -0.3 is 11.1 Å². The number of nitrogens with zero attached hydrogens (tertiary/aromatic N) is 1. The summed E-state index contributed by atoms with van der Waals surface area (Å²) in [5, 5.41) is 3.39. The summed E-state index contributed by atoms with van der Waals surface area (Å²) in [6.07, 6.45) is -3.53. The number of sulfone groups is 1. The van der Waals surface area contributed by atoms with Gasteiger partial charge in [-0.1, -0.05) is 42.5 Å². The fourth-order valence-corrected chi connectivity index (χ4v) is 4.86. The highest BCUT2D eigenvalue weighted by Gasteiger charge is 2.30. The van der Waals surface area contributed by atoms with E-state index in [1.807, 2.05) is 0 Å². The van der Waals surface area contributed by atoms with Crippen molar-refractivity contribution in [3.63, 3.8) is 0 Å². The molecule has 0 saturated carbocycles. The summed E-state index contributed by atoms with van der Waals surface area (Å²) >= 11 is 0.